The smallest absolute Gasteiger partial charge is 0.271 e. The zero-order valence-corrected chi connectivity index (χ0v) is 14.8. The van der Waals surface area contributed by atoms with Gasteiger partial charge in [0.1, 0.15) is 0 Å². The van der Waals surface area contributed by atoms with Gasteiger partial charge in [-0.25, -0.2) is 9.97 Å². The molecule has 0 amide bonds. The molecule has 1 heterocycles. The van der Waals surface area contributed by atoms with Gasteiger partial charge < -0.3 is 5.32 Å². The van der Waals surface area contributed by atoms with Crippen molar-refractivity contribution < 1.29 is 4.92 Å². The molecule has 0 atom stereocenters. The van der Waals surface area contributed by atoms with E-state index >= 15 is 0 Å². The lowest BCUT2D eigenvalue weighted by molar-refractivity contribution is -0.384. The first-order valence-electron chi connectivity index (χ1n) is 8.70. The topological polar surface area (TPSA) is 81.0 Å². The number of nitro benzene ring substituents is 1. The van der Waals surface area contributed by atoms with Crippen molar-refractivity contribution in [3.05, 3.63) is 101 Å². The summed E-state index contributed by atoms with van der Waals surface area (Å²) in [5.41, 5.74) is 4.02. The van der Waals surface area contributed by atoms with Crippen LogP contribution in [0.2, 0.25) is 0 Å². The van der Waals surface area contributed by atoms with Gasteiger partial charge in [0.2, 0.25) is 5.95 Å². The molecule has 0 aliphatic carbocycles. The van der Waals surface area contributed by atoms with E-state index in [1.807, 2.05) is 66.7 Å². The summed E-state index contributed by atoms with van der Waals surface area (Å²) in [6.45, 7) is 0. The third kappa shape index (κ3) is 3.86. The zero-order chi connectivity index (χ0) is 19.3. The molecular formula is C22H16N4O2. The van der Waals surface area contributed by atoms with Crippen molar-refractivity contribution >= 4 is 17.3 Å². The summed E-state index contributed by atoms with van der Waals surface area (Å²) < 4.78 is 0. The van der Waals surface area contributed by atoms with Crippen LogP contribution in [0.5, 0.6) is 0 Å². The van der Waals surface area contributed by atoms with E-state index in [1.165, 1.54) is 12.1 Å². The molecule has 0 aliphatic rings. The minimum atomic E-state index is -0.429. The van der Waals surface area contributed by atoms with Gasteiger partial charge in [-0.15, -0.1) is 0 Å². The van der Waals surface area contributed by atoms with Crippen molar-refractivity contribution in [1.29, 1.82) is 0 Å². The first-order chi connectivity index (χ1) is 13.7. The number of non-ortho nitro benzene ring substituents is 1. The molecule has 0 saturated carbocycles. The molecule has 0 radical (unpaired) electrons. The number of aromatic nitrogens is 2. The first-order valence-corrected chi connectivity index (χ1v) is 8.70. The van der Waals surface area contributed by atoms with Gasteiger partial charge in [-0.05, 0) is 12.1 Å². The van der Waals surface area contributed by atoms with E-state index in [0.29, 0.717) is 11.6 Å². The summed E-state index contributed by atoms with van der Waals surface area (Å²) in [5, 5.41) is 14.1. The van der Waals surface area contributed by atoms with Gasteiger partial charge in [0.05, 0.1) is 16.3 Å². The van der Waals surface area contributed by atoms with Crippen molar-refractivity contribution in [2.75, 3.05) is 5.32 Å². The number of nitrogens with one attached hydrogen (secondary N) is 1. The minimum absolute atomic E-state index is 0.00694. The van der Waals surface area contributed by atoms with E-state index in [1.54, 1.807) is 12.1 Å². The molecule has 0 aliphatic heterocycles. The number of nitrogens with zero attached hydrogens (tertiary/aromatic N) is 3. The Kier molecular flexibility index (Phi) is 4.76. The van der Waals surface area contributed by atoms with Crippen LogP contribution in [0.3, 0.4) is 0 Å². The highest BCUT2D eigenvalue weighted by Crippen LogP contribution is 2.27. The van der Waals surface area contributed by atoms with Gasteiger partial charge in [-0.3, -0.25) is 10.1 Å². The second-order valence-electron chi connectivity index (χ2n) is 6.13. The van der Waals surface area contributed by atoms with Crippen LogP contribution in [0.25, 0.3) is 22.5 Å². The van der Waals surface area contributed by atoms with Crippen LogP contribution in [-0.4, -0.2) is 14.9 Å². The quantitative estimate of drug-likeness (QED) is 0.373. The van der Waals surface area contributed by atoms with Crippen molar-refractivity contribution in [3.8, 4) is 22.5 Å². The van der Waals surface area contributed by atoms with E-state index in [-0.39, 0.29) is 5.69 Å². The number of anilines is 2. The second kappa shape index (κ2) is 7.67. The summed E-state index contributed by atoms with van der Waals surface area (Å²) in [6.07, 6.45) is 0. The van der Waals surface area contributed by atoms with Crippen LogP contribution in [0.1, 0.15) is 0 Å². The Morgan fingerprint density at radius 1 is 0.714 bits per heavy atom. The molecule has 0 bridgehead atoms. The Morgan fingerprint density at radius 2 is 1.29 bits per heavy atom. The summed E-state index contributed by atoms with van der Waals surface area (Å²) >= 11 is 0. The third-order valence-corrected chi connectivity index (χ3v) is 4.18. The maximum Gasteiger partial charge on any atom is 0.271 e. The van der Waals surface area contributed by atoms with E-state index in [0.717, 1.165) is 22.5 Å². The van der Waals surface area contributed by atoms with Gasteiger partial charge in [0, 0.05) is 28.9 Å². The van der Waals surface area contributed by atoms with Crippen LogP contribution in [0.15, 0.2) is 91.0 Å². The number of rotatable bonds is 5. The van der Waals surface area contributed by atoms with Crippen molar-refractivity contribution in [2.24, 2.45) is 0 Å². The van der Waals surface area contributed by atoms with Crippen LogP contribution < -0.4 is 5.32 Å². The van der Waals surface area contributed by atoms with E-state index in [9.17, 15) is 10.1 Å². The number of benzene rings is 3. The molecule has 136 valence electrons. The van der Waals surface area contributed by atoms with Crippen LogP contribution in [0.4, 0.5) is 17.3 Å². The van der Waals surface area contributed by atoms with E-state index in [2.05, 4.69) is 15.3 Å². The molecule has 3 aromatic carbocycles. The fourth-order valence-corrected chi connectivity index (χ4v) is 2.84. The predicted octanol–water partition coefficient (Wildman–Crippen LogP) is 5.46. The Labute approximate surface area is 161 Å². The lowest BCUT2D eigenvalue weighted by Crippen LogP contribution is -2.01. The Balaban J connectivity index is 1.78. The predicted molar refractivity (Wildman–Crippen MR) is 109 cm³/mol. The third-order valence-electron chi connectivity index (χ3n) is 4.18. The van der Waals surface area contributed by atoms with Crippen molar-refractivity contribution in [2.45, 2.75) is 0 Å². The minimum Gasteiger partial charge on any atom is -0.324 e. The highest BCUT2D eigenvalue weighted by atomic mass is 16.6. The van der Waals surface area contributed by atoms with Gasteiger partial charge in [0.25, 0.3) is 5.69 Å². The number of nitro groups is 1. The number of hydrogen-bond donors (Lipinski definition) is 1. The monoisotopic (exact) mass is 368 g/mol. The molecule has 1 aromatic heterocycles. The Bertz CT molecular complexity index is 1060. The summed E-state index contributed by atoms with van der Waals surface area (Å²) in [7, 11) is 0. The maximum absolute atomic E-state index is 11.0. The van der Waals surface area contributed by atoms with Crippen molar-refractivity contribution in [3.63, 3.8) is 0 Å². The molecule has 0 unspecified atom stereocenters. The SMILES string of the molecule is O=[N+]([O-])c1cccc(Nc2nc(-c3ccccc3)cc(-c3ccccc3)n2)c1. The molecule has 4 rings (SSSR count). The average molecular weight is 368 g/mol. The highest BCUT2D eigenvalue weighted by Gasteiger charge is 2.11. The van der Waals surface area contributed by atoms with Crippen LogP contribution in [0, 0.1) is 10.1 Å². The normalized spacial score (nSPS) is 10.4. The summed E-state index contributed by atoms with van der Waals surface area (Å²) in [6, 6.07) is 27.8. The molecule has 0 spiro atoms. The second-order valence-corrected chi connectivity index (χ2v) is 6.13. The fraction of sp³-hybridized carbons (Fsp3) is 0. The lowest BCUT2D eigenvalue weighted by Gasteiger charge is -2.10. The number of hydrogen-bond acceptors (Lipinski definition) is 5. The zero-order valence-electron chi connectivity index (χ0n) is 14.8. The lowest BCUT2D eigenvalue weighted by atomic mass is 10.1. The Hall–Kier alpha value is -4.06. The molecule has 1 N–H and O–H groups in total. The highest BCUT2D eigenvalue weighted by molar-refractivity contribution is 5.70. The summed E-state index contributed by atoms with van der Waals surface area (Å²) in [5.74, 6) is 0.376. The molecule has 0 saturated heterocycles. The first kappa shape index (κ1) is 17.4. The van der Waals surface area contributed by atoms with Crippen LogP contribution in [-0.2, 0) is 0 Å². The largest absolute Gasteiger partial charge is 0.324 e. The average Bonchev–Trinajstić information content (AvgIpc) is 2.75. The molecule has 6 nitrogen and oxygen atoms in total. The molecule has 28 heavy (non-hydrogen) atoms. The van der Waals surface area contributed by atoms with Gasteiger partial charge in [-0.2, -0.15) is 0 Å². The van der Waals surface area contributed by atoms with E-state index < -0.39 is 4.92 Å². The van der Waals surface area contributed by atoms with Gasteiger partial charge in [-0.1, -0.05) is 66.7 Å². The Morgan fingerprint density at radius 3 is 1.82 bits per heavy atom. The maximum atomic E-state index is 11.0. The molecular weight excluding hydrogens is 352 g/mol. The standard InChI is InChI=1S/C22H16N4O2/c27-26(28)19-13-7-12-18(14-19)23-22-24-20(16-8-3-1-4-9-16)15-21(25-22)17-10-5-2-6-11-17/h1-15H,(H,23,24,25). The molecule has 6 heteroatoms. The fourth-order valence-electron chi connectivity index (χ4n) is 2.84. The van der Waals surface area contributed by atoms with Gasteiger partial charge in [0.15, 0.2) is 0 Å². The molecule has 0 fully saturated rings. The van der Waals surface area contributed by atoms with Crippen LogP contribution >= 0.6 is 0 Å². The molecule has 4 aromatic rings. The summed E-state index contributed by atoms with van der Waals surface area (Å²) in [4.78, 5) is 19.8. The van der Waals surface area contributed by atoms with Gasteiger partial charge >= 0.3 is 0 Å². The van der Waals surface area contributed by atoms with Crippen molar-refractivity contribution in [1.82, 2.24) is 9.97 Å². The van der Waals surface area contributed by atoms with E-state index in [4.69, 9.17) is 0 Å².